The first-order valence-corrected chi connectivity index (χ1v) is 5.86. The van der Waals surface area contributed by atoms with Crippen LogP contribution in [-0.4, -0.2) is 17.0 Å². The Bertz CT molecular complexity index is 545. The van der Waals surface area contributed by atoms with Crippen LogP contribution in [0.3, 0.4) is 0 Å². The molecular formula is C11H8BrClFNO3. The molecule has 0 heterocycles. The predicted octanol–water partition coefficient (Wildman–Crippen LogP) is 2.80. The third-order valence-corrected chi connectivity index (χ3v) is 3.16. The Kier molecular flexibility index (Phi) is 4.86. The molecule has 0 unspecified atom stereocenters. The molecule has 96 valence electrons. The fraction of sp³-hybridized carbons (Fsp3) is 0.0909. The highest BCUT2D eigenvalue weighted by Crippen LogP contribution is 2.28. The maximum atomic E-state index is 13.7. The van der Waals surface area contributed by atoms with Crippen LogP contribution in [0.1, 0.15) is 12.5 Å². The van der Waals surface area contributed by atoms with Crippen molar-refractivity contribution in [2.45, 2.75) is 6.92 Å². The summed E-state index contributed by atoms with van der Waals surface area (Å²) in [6, 6.07) is 2.82. The number of carbonyl (C=O) groups is 2. The summed E-state index contributed by atoms with van der Waals surface area (Å²) < 4.78 is 14.1. The molecule has 7 heteroatoms. The number of carboxylic acids is 1. The zero-order chi connectivity index (χ0) is 13.9. The number of nitrogens with one attached hydrogen (secondary N) is 1. The summed E-state index contributed by atoms with van der Waals surface area (Å²) in [7, 11) is 0. The summed E-state index contributed by atoms with van der Waals surface area (Å²) in [6.45, 7) is 1.15. The van der Waals surface area contributed by atoms with Gasteiger partial charge < -0.3 is 10.4 Å². The second kappa shape index (κ2) is 5.97. The fourth-order valence-electron chi connectivity index (χ4n) is 1.15. The fourth-order valence-corrected chi connectivity index (χ4v) is 1.63. The van der Waals surface area contributed by atoms with Gasteiger partial charge in [-0.05, 0) is 28.1 Å². The third kappa shape index (κ3) is 3.54. The van der Waals surface area contributed by atoms with Gasteiger partial charge in [-0.15, -0.1) is 0 Å². The number of hydrogen-bond acceptors (Lipinski definition) is 2. The number of benzene rings is 1. The number of aliphatic carboxylic acids is 1. The van der Waals surface area contributed by atoms with E-state index in [1.165, 1.54) is 12.1 Å². The normalized spacial score (nSPS) is 11.2. The Hall–Kier alpha value is -1.40. The molecule has 0 aliphatic rings. The van der Waals surface area contributed by atoms with Gasteiger partial charge in [-0.2, -0.15) is 0 Å². The minimum absolute atomic E-state index is 0.0330. The molecule has 1 rings (SSSR count). The largest absolute Gasteiger partial charge is 0.477 e. The summed E-state index contributed by atoms with van der Waals surface area (Å²) in [4.78, 5) is 21.7. The van der Waals surface area contributed by atoms with E-state index in [1.807, 2.05) is 0 Å². The SMILES string of the molecule is CC(=O)N/C(=C/c1ccc(Br)c(Cl)c1F)C(=O)O. The number of carboxylic acid groups (broad SMARTS) is 1. The van der Waals surface area contributed by atoms with Gasteiger partial charge in [-0.1, -0.05) is 17.7 Å². The van der Waals surface area contributed by atoms with Gasteiger partial charge in [0.25, 0.3) is 0 Å². The molecule has 1 aromatic carbocycles. The van der Waals surface area contributed by atoms with Crippen molar-refractivity contribution >= 4 is 45.5 Å². The van der Waals surface area contributed by atoms with Crippen molar-refractivity contribution in [3.63, 3.8) is 0 Å². The van der Waals surface area contributed by atoms with Crippen LogP contribution in [0.15, 0.2) is 22.3 Å². The minimum Gasteiger partial charge on any atom is -0.477 e. The molecule has 0 saturated heterocycles. The lowest BCUT2D eigenvalue weighted by atomic mass is 10.1. The second-order valence-corrected chi connectivity index (χ2v) is 4.54. The molecule has 18 heavy (non-hydrogen) atoms. The van der Waals surface area contributed by atoms with Crippen molar-refractivity contribution in [2.24, 2.45) is 0 Å². The molecule has 0 fully saturated rings. The van der Waals surface area contributed by atoms with Crippen molar-refractivity contribution < 1.29 is 19.1 Å². The molecule has 0 aliphatic heterocycles. The van der Waals surface area contributed by atoms with Crippen molar-refractivity contribution in [3.8, 4) is 0 Å². The van der Waals surface area contributed by atoms with Gasteiger partial charge in [0, 0.05) is 17.0 Å². The van der Waals surface area contributed by atoms with E-state index in [2.05, 4.69) is 21.2 Å². The lowest BCUT2D eigenvalue weighted by Gasteiger charge is -2.05. The summed E-state index contributed by atoms with van der Waals surface area (Å²) >= 11 is 8.70. The van der Waals surface area contributed by atoms with E-state index in [0.29, 0.717) is 4.47 Å². The van der Waals surface area contributed by atoms with Crippen LogP contribution in [0, 0.1) is 5.82 Å². The van der Waals surface area contributed by atoms with E-state index in [1.54, 1.807) is 0 Å². The lowest BCUT2D eigenvalue weighted by molar-refractivity contribution is -0.134. The summed E-state index contributed by atoms with van der Waals surface area (Å²) in [5, 5.41) is 10.8. The molecule has 0 spiro atoms. The molecule has 0 radical (unpaired) electrons. The highest BCUT2D eigenvalue weighted by atomic mass is 79.9. The maximum Gasteiger partial charge on any atom is 0.352 e. The quantitative estimate of drug-likeness (QED) is 0.659. The van der Waals surface area contributed by atoms with E-state index in [9.17, 15) is 14.0 Å². The van der Waals surface area contributed by atoms with Crippen LogP contribution < -0.4 is 5.32 Å². The van der Waals surface area contributed by atoms with Gasteiger partial charge >= 0.3 is 5.97 Å². The van der Waals surface area contributed by atoms with Crippen molar-refractivity contribution in [2.75, 3.05) is 0 Å². The molecule has 0 bridgehead atoms. The first-order valence-electron chi connectivity index (χ1n) is 4.69. The van der Waals surface area contributed by atoms with Crippen LogP contribution in [0.2, 0.25) is 5.02 Å². The van der Waals surface area contributed by atoms with E-state index >= 15 is 0 Å². The summed E-state index contributed by atoms with van der Waals surface area (Å²) in [5.41, 5.74) is -0.464. The molecule has 0 aromatic heterocycles. The average molecular weight is 337 g/mol. The van der Waals surface area contributed by atoms with Gasteiger partial charge in [0.2, 0.25) is 5.91 Å². The van der Waals surface area contributed by atoms with Crippen molar-refractivity contribution in [1.29, 1.82) is 0 Å². The van der Waals surface area contributed by atoms with E-state index in [0.717, 1.165) is 13.0 Å². The molecule has 1 aromatic rings. The first-order chi connectivity index (χ1) is 8.32. The minimum atomic E-state index is -1.37. The smallest absolute Gasteiger partial charge is 0.352 e. The number of rotatable bonds is 3. The number of amides is 1. The number of halogens is 3. The van der Waals surface area contributed by atoms with Crippen LogP contribution in [0.4, 0.5) is 4.39 Å². The second-order valence-electron chi connectivity index (χ2n) is 3.31. The average Bonchev–Trinajstić information content (AvgIpc) is 2.28. The third-order valence-electron chi connectivity index (χ3n) is 1.91. The maximum absolute atomic E-state index is 13.7. The summed E-state index contributed by atoms with van der Waals surface area (Å²) in [6.07, 6.45) is 0.997. The molecule has 0 atom stereocenters. The van der Waals surface area contributed by atoms with Crippen molar-refractivity contribution in [3.05, 3.63) is 38.7 Å². The Morgan fingerprint density at radius 2 is 2.11 bits per heavy atom. The molecule has 4 nitrogen and oxygen atoms in total. The Morgan fingerprint density at radius 3 is 2.61 bits per heavy atom. The lowest BCUT2D eigenvalue weighted by Crippen LogP contribution is -2.24. The molecule has 1 amide bonds. The highest BCUT2D eigenvalue weighted by Gasteiger charge is 2.13. The van der Waals surface area contributed by atoms with Crippen LogP contribution in [0.25, 0.3) is 6.08 Å². The van der Waals surface area contributed by atoms with E-state index in [-0.39, 0.29) is 10.6 Å². The van der Waals surface area contributed by atoms with E-state index in [4.69, 9.17) is 16.7 Å². The predicted molar refractivity (Wildman–Crippen MR) is 68.5 cm³/mol. The molecule has 0 saturated carbocycles. The van der Waals surface area contributed by atoms with Gasteiger partial charge in [0.05, 0.1) is 5.02 Å². The van der Waals surface area contributed by atoms with Gasteiger partial charge in [-0.3, -0.25) is 4.79 Å². The molecule has 2 N–H and O–H groups in total. The van der Waals surface area contributed by atoms with Crippen LogP contribution >= 0.6 is 27.5 Å². The monoisotopic (exact) mass is 335 g/mol. The Balaban J connectivity index is 3.24. The zero-order valence-electron chi connectivity index (χ0n) is 9.13. The highest BCUT2D eigenvalue weighted by molar-refractivity contribution is 9.10. The first kappa shape index (κ1) is 14.7. The topological polar surface area (TPSA) is 66.4 Å². The van der Waals surface area contributed by atoms with Crippen LogP contribution in [-0.2, 0) is 9.59 Å². The van der Waals surface area contributed by atoms with E-state index < -0.39 is 23.4 Å². The standard InChI is InChI=1S/C11H8BrClFNO3/c1-5(16)15-8(11(17)18)4-6-2-3-7(12)9(13)10(6)14/h2-4H,1H3,(H,15,16)(H,17,18)/b8-4+. The Morgan fingerprint density at radius 1 is 1.50 bits per heavy atom. The molecule has 0 aliphatic carbocycles. The summed E-state index contributed by atoms with van der Waals surface area (Å²) in [5.74, 6) is -2.70. The number of hydrogen-bond donors (Lipinski definition) is 2. The van der Waals surface area contributed by atoms with Gasteiger partial charge in [0.15, 0.2) is 0 Å². The van der Waals surface area contributed by atoms with Crippen molar-refractivity contribution in [1.82, 2.24) is 5.32 Å². The van der Waals surface area contributed by atoms with Gasteiger partial charge in [0.1, 0.15) is 11.5 Å². The van der Waals surface area contributed by atoms with Crippen LogP contribution in [0.5, 0.6) is 0 Å². The molecular weight excluding hydrogens is 328 g/mol. The van der Waals surface area contributed by atoms with Gasteiger partial charge in [-0.25, -0.2) is 9.18 Å². The number of carbonyl (C=O) groups excluding carboxylic acids is 1. The Labute approximate surface area is 116 Å². The zero-order valence-corrected chi connectivity index (χ0v) is 11.5.